The predicted molar refractivity (Wildman–Crippen MR) is 57.6 cm³/mol. The topological polar surface area (TPSA) is 61.8 Å². The zero-order valence-electron chi connectivity index (χ0n) is 9.01. The molecule has 0 radical (unpaired) electrons. The molecule has 0 aromatic heterocycles. The highest BCUT2D eigenvalue weighted by Crippen LogP contribution is 2.16. The molecule has 5 heteroatoms. The minimum absolute atomic E-state index is 0.102. The van der Waals surface area contributed by atoms with Crippen LogP contribution in [0, 0.1) is 0 Å². The van der Waals surface area contributed by atoms with Gasteiger partial charge in [0.25, 0.3) is 0 Å². The second-order valence-electron chi connectivity index (χ2n) is 3.63. The Kier molecular flexibility index (Phi) is 3.07. The lowest BCUT2D eigenvalue weighted by Crippen LogP contribution is -2.36. The molecule has 1 aromatic rings. The number of nitrogens with zero attached hydrogens (tertiary/aromatic N) is 1. The van der Waals surface area contributed by atoms with Gasteiger partial charge in [0, 0.05) is 6.54 Å². The van der Waals surface area contributed by atoms with Crippen LogP contribution in [0.3, 0.4) is 0 Å². The van der Waals surface area contributed by atoms with Crippen molar-refractivity contribution in [3.63, 3.8) is 0 Å². The summed E-state index contributed by atoms with van der Waals surface area (Å²) in [4.78, 5) is 12.8. The van der Waals surface area contributed by atoms with Gasteiger partial charge in [-0.15, -0.1) is 0 Å². The Balaban J connectivity index is 2.10. The fourth-order valence-corrected chi connectivity index (χ4v) is 1.67. The van der Waals surface area contributed by atoms with Gasteiger partial charge in [0.05, 0.1) is 13.7 Å². The van der Waals surface area contributed by atoms with Crippen molar-refractivity contribution in [1.82, 2.24) is 10.2 Å². The molecule has 2 N–H and O–H groups in total. The quantitative estimate of drug-likeness (QED) is 0.750. The monoisotopic (exact) mass is 222 g/mol. The van der Waals surface area contributed by atoms with Gasteiger partial charge in [0.2, 0.25) is 5.91 Å². The summed E-state index contributed by atoms with van der Waals surface area (Å²) < 4.78 is 5.09. The lowest BCUT2D eigenvalue weighted by molar-refractivity contribution is -0.133. The molecule has 2 rings (SSSR count). The molecule has 0 spiro atoms. The number of aliphatic hydroxyl groups excluding tert-OH is 1. The molecule has 1 atom stereocenters. The molecule has 1 amide bonds. The summed E-state index contributed by atoms with van der Waals surface area (Å²) in [6, 6.07) is 7.43. The normalized spacial score (nSPS) is 20.2. The molecule has 1 saturated heterocycles. The molecule has 1 heterocycles. The molecule has 1 aliphatic rings. The predicted octanol–water partition coefficient (Wildman–Crippen LogP) is -0.0971. The van der Waals surface area contributed by atoms with E-state index in [9.17, 15) is 9.90 Å². The zero-order chi connectivity index (χ0) is 11.5. The number of nitrogens with one attached hydrogen (secondary N) is 1. The highest BCUT2D eigenvalue weighted by atomic mass is 16.5. The number of carbonyl (C=O) groups excluding carboxylic acids is 1. The lowest BCUT2D eigenvalue weighted by Gasteiger charge is -2.19. The van der Waals surface area contributed by atoms with Gasteiger partial charge in [-0.1, -0.05) is 12.1 Å². The van der Waals surface area contributed by atoms with E-state index in [0.29, 0.717) is 6.54 Å². The zero-order valence-corrected chi connectivity index (χ0v) is 9.01. The van der Waals surface area contributed by atoms with Crippen LogP contribution >= 0.6 is 0 Å². The fraction of sp³-hybridized carbons (Fsp3) is 0.364. The number of ether oxygens (including phenoxy) is 1. The Morgan fingerprint density at radius 1 is 1.62 bits per heavy atom. The maximum Gasteiger partial charge on any atom is 0.240 e. The standard InChI is InChI=1S/C11H14N2O3/c1-16-9-4-2-3-8(5-9)7-13-10(14)6-12-11(13)15/h2-5,11-12,15H,6-7H2,1H3. The van der Waals surface area contributed by atoms with Crippen molar-refractivity contribution in [3.05, 3.63) is 29.8 Å². The first-order valence-electron chi connectivity index (χ1n) is 5.04. The van der Waals surface area contributed by atoms with Gasteiger partial charge in [-0.2, -0.15) is 0 Å². The number of rotatable bonds is 3. The average Bonchev–Trinajstić information content (AvgIpc) is 2.61. The second-order valence-corrected chi connectivity index (χ2v) is 3.63. The first-order chi connectivity index (χ1) is 7.70. The second kappa shape index (κ2) is 4.51. The van der Waals surface area contributed by atoms with Crippen LogP contribution in [0.2, 0.25) is 0 Å². The van der Waals surface area contributed by atoms with E-state index < -0.39 is 6.35 Å². The first-order valence-corrected chi connectivity index (χ1v) is 5.04. The lowest BCUT2D eigenvalue weighted by atomic mass is 10.2. The van der Waals surface area contributed by atoms with Gasteiger partial charge in [-0.3, -0.25) is 15.0 Å². The molecule has 86 valence electrons. The molecule has 1 aromatic carbocycles. The minimum Gasteiger partial charge on any atom is -0.497 e. The first kappa shape index (κ1) is 10.9. The van der Waals surface area contributed by atoms with Crippen LogP contribution < -0.4 is 10.1 Å². The van der Waals surface area contributed by atoms with E-state index in [-0.39, 0.29) is 12.5 Å². The molecule has 0 aliphatic carbocycles. The fourth-order valence-electron chi connectivity index (χ4n) is 1.67. The van der Waals surface area contributed by atoms with E-state index in [4.69, 9.17) is 4.74 Å². The van der Waals surface area contributed by atoms with Crippen LogP contribution in [-0.4, -0.2) is 35.9 Å². The highest BCUT2D eigenvalue weighted by molar-refractivity contribution is 5.80. The van der Waals surface area contributed by atoms with Gasteiger partial charge in [-0.05, 0) is 17.7 Å². The number of hydrogen-bond donors (Lipinski definition) is 2. The summed E-state index contributed by atoms with van der Waals surface area (Å²) in [7, 11) is 1.59. The molecule has 0 bridgehead atoms. The smallest absolute Gasteiger partial charge is 0.240 e. The van der Waals surface area contributed by atoms with Gasteiger partial charge >= 0.3 is 0 Å². The molecule has 0 saturated carbocycles. The molecular formula is C11H14N2O3. The van der Waals surface area contributed by atoms with Gasteiger partial charge in [0.1, 0.15) is 5.75 Å². The van der Waals surface area contributed by atoms with Crippen molar-refractivity contribution in [3.8, 4) is 5.75 Å². The number of hydrogen-bond acceptors (Lipinski definition) is 4. The van der Waals surface area contributed by atoms with Crippen LogP contribution in [0.4, 0.5) is 0 Å². The third kappa shape index (κ3) is 2.15. The Morgan fingerprint density at radius 2 is 2.44 bits per heavy atom. The summed E-state index contributed by atoms with van der Waals surface area (Å²) in [6.45, 7) is 0.565. The van der Waals surface area contributed by atoms with E-state index in [2.05, 4.69) is 5.32 Å². The summed E-state index contributed by atoms with van der Waals surface area (Å²) in [5, 5.41) is 12.2. The molecular weight excluding hydrogens is 208 g/mol. The van der Waals surface area contributed by atoms with E-state index in [0.717, 1.165) is 11.3 Å². The molecule has 1 unspecified atom stereocenters. The van der Waals surface area contributed by atoms with Gasteiger partial charge in [0.15, 0.2) is 6.35 Å². The third-order valence-corrected chi connectivity index (χ3v) is 2.54. The number of benzene rings is 1. The van der Waals surface area contributed by atoms with Crippen molar-refractivity contribution in [2.24, 2.45) is 0 Å². The van der Waals surface area contributed by atoms with Gasteiger partial charge in [-0.25, -0.2) is 0 Å². The van der Waals surface area contributed by atoms with Crippen LogP contribution in [-0.2, 0) is 11.3 Å². The SMILES string of the molecule is COc1cccc(CN2C(=O)CNC2O)c1. The summed E-state index contributed by atoms with van der Waals surface area (Å²) in [5.74, 6) is 0.641. The largest absolute Gasteiger partial charge is 0.497 e. The maximum absolute atomic E-state index is 11.4. The summed E-state index contributed by atoms with van der Waals surface area (Å²) >= 11 is 0. The Hall–Kier alpha value is -1.59. The Labute approximate surface area is 93.6 Å². The Bertz CT molecular complexity index is 395. The number of methoxy groups -OCH3 is 1. The maximum atomic E-state index is 11.4. The third-order valence-electron chi connectivity index (χ3n) is 2.54. The van der Waals surface area contributed by atoms with E-state index in [1.54, 1.807) is 7.11 Å². The number of amides is 1. The van der Waals surface area contributed by atoms with Crippen LogP contribution in [0.25, 0.3) is 0 Å². The highest BCUT2D eigenvalue weighted by Gasteiger charge is 2.28. The van der Waals surface area contributed by atoms with E-state index >= 15 is 0 Å². The van der Waals surface area contributed by atoms with Crippen molar-refractivity contribution in [2.75, 3.05) is 13.7 Å². The molecule has 1 fully saturated rings. The summed E-state index contributed by atoms with van der Waals surface area (Å²) in [5.41, 5.74) is 0.926. The Morgan fingerprint density at radius 3 is 3.06 bits per heavy atom. The number of carbonyl (C=O) groups is 1. The summed E-state index contributed by atoms with van der Waals surface area (Å²) in [6.07, 6.45) is -0.890. The van der Waals surface area contributed by atoms with Crippen molar-refractivity contribution in [2.45, 2.75) is 12.9 Å². The van der Waals surface area contributed by atoms with Crippen molar-refractivity contribution in [1.29, 1.82) is 0 Å². The van der Waals surface area contributed by atoms with Crippen LogP contribution in [0.5, 0.6) is 5.75 Å². The van der Waals surface area contributed by atoms with Crippen molar-refractivity contribution >= 4 is 5.91 Å². The van der Waals surface area contributed by atoms with E-state index in [1.165, 1.54) is 4.90 Å². The molecule has 5 nitrogen and oxygen atoms in total. The number of aliphatic hydroxyl groups is 1. The van der Waals surface area contributed by atoms with Crippen LogP contribution in [0.15, 0.2) is 24.3 Å². The molecule has 1 aliphatic heterocycles. The van der Waals surface area contributed by atoms with Crippen LogP contribution in [0.1, 0.15) is 5.56 Å². The minimum atomic E-state index is -0.890. The molecule has 16 heavy (non-hydrogen) atoms. The van der Waals surface area contributed by atoms with Gasteiger partial charge < -0.3 is 9.84 Å². The van der Waals surface area contributed by atoms with Crippen molar-refractivity contribution < 1.29 is 14.6 Å². The average molecular weight is 222 g/mol. The van der Waals surface area contributed by atoms with E-state index in [1.807, 2.05) is 24.3 Å².